The molecule has 1 saturated carbocycles. The van der Waals surface area contributed by atoms with Crippen LogP contribution in [-0.4, -0.2) is 21.7 Å². The van der Waals surface area contributed by atoms with E-state index in [9.17, 15) is 19.1 Å². The molecule has 1 aromatic carbocycles. The maximum atomic E-state index is 14.2. The molecule has 3 rings (SSSR count). The van der Waals surface area contributed by atoms with Crippen molar-refractivity contribution < 1.29 is 14.3 Å². The zero-order valence-corrected chi connectivity index (χ0v) is 12.4. The molecule has 2 N–H and O–H groups in total. The van der Waals surface area contributed by atoms with Gasteiger partial charge in [0.1, 0.15) is 5.82 Å². The van der Waals surface area contributed by atoms with Crippen LogP contribution in [0.5, 0.6) is 0 Å². The van der Waals surface area contributed by atoms with Gasteiger partial charge in [0, 0.05) is 24.2 Å². The van der Waals surface area contributed by atoms with Gasteiger partial charge in [-0.3, -0.25) is 14.2 Å². The number of aliphatic hydroxyl groups is 1. The van der Waals surface area contributed by atoms with Gasteiger partial charge in [-0.05, 0) is 37.5 Å². The molecule has 23 heavy (non-hydrogen) atoms. The number of hydrogen-bond acceptors (Lipinski definition) is 3. The SMILES string of the molecule is O=C(Nc1ccc(-n2ccccc2=O)cc1F)C1CCC(O)C1. The van der Waals surface area contributed by atoms with Gasteiger partial charge >= 0.3 is 0 Å². The topological polar surface area (TPSA) is 71.3 Å². The Hall–Kier alpha value is -2.47. The van der Waals surface area contributed by atoms with Gasteiger partial charge < -0.3 is 10.4 Å². The first-order valence-electron chi connectivity index (χ1n) is 7.51. The van der Waals surface area contributed by atoms with E-state index < -0.39 is 11.9 Å². The van der Waals surface area contributed by atoms with Crippen molar-refractivity contribution in [1.29, 1.82) is 0 Å². The largest absolute Gasteiger partial charge is 0.393 e. The van der Waals surface area contributed by atoms with Crippen LogP contribution in [0.25, 0.3) is 5.69 Å². The Morgan fingerprint density at radius 1 is 1.26 bits per heavy atom. The molecular weight excluding hydrogens is 299 g/mol. The van der Waals surface area contributed by atoms with E-state index in [2.05, 4.69) is 5.32 Å². The van der Waals surface area contributed by atoms with Crippen molar-refractivity contribution in [3.8, 4) is 5.69 Å². The van der Waals surface area contributed by atoms with Crippen LogP contribution in [0.4, 0.5) is 10.1 Å². The Morgan fingerprint density at radius 3 is 2.74 bits per heavy atom. The van der Waals surface area contributed by atoms with Gasteiger partial charge in [0.2, 0.25) is 5.91 Å². The zero-order chi connectivity index (χ0) is 16.4. The fourth-order valence-corrected chi connectivity index (χ4v) is 2.83. The number of aliphatic hydroxyl groups excluding tert-OH is 1. The normalized spacial score (nSPS) is 20.4. The van der Waals surface area contributed by atoms with Gasteiger partial charge in [-0.1, -0.05) is 6.07 Å². The van der Waals surface area contributed by atoms with E-state index in [1.54, 1.807) is 24.4 Å². The summed E-state index contributed by atoms with van der Waals surface area (Å²) in [5, 5.41) is 12.0. The number of halogens is 1. The Morgan fingerprint density at radius 2 is 2.09 bits per heavy atom. The highest BCUT2D eigenvalue weighted by Gasteiger charge is 2.29. The molecule has 5 nitrogen and oxygen atoms in total. The summed E-state index contributed by atoms with van der Waals surface area (Å²) in [6, 6.07) is 8.90. The van der Waals surface area contributed by atoms with Gasteiger partial charge in [-0.25, -0.2) is 4.39 Å². The van der Waals surface area contributed by atoms with Crippen molar-refractivity contribution in [1.82, 2.24) is 4.57 Å². The van der Waals surface area contributed by atoms with E-state index in [0.717, 1.165) is 0 Å². The van der Waals surface area contributed by atoms with Crippen LogP contribution in [-0.2, 0) is 4.79 Å². The monoisotopic (exact) mass is 316 g/mol. The lowest BCUT2D eigenvalue weighted by molar-refractivity contribution is -0.119. The summed E-state index contributed by atoms with van der Waals surface area (Å²) in [7, 11) is 0. The summed E-state index contributed by atoms with van der Waals surface area (Å²) in [4.78, 5) is 23.8. The summed E-state index contributed by atoms with van der Waals surface area (Å²) in [5.74, 6) is -1.18. The van der Waals surface area contributed by atoms with E-state index >= 15 is 0 Å². The molecule has 1 aliphatic carbocycles. The van der Waals surface area contributed by atoms with E-state index in [-0.39, 0.29) is 23.1 Å². The fourth-order valence-electron chi connectivity index (χ4n) is 2.83. The number of amides is 1. The molecule has 0 saturated heterocycles. The van der Waals surface area contributed by atoms with Gasteiger partial charge in [0.15, 0.2) is 0 Å². The fraction of sp³-hybridized carbons (Fsp3) is 0.294. The maximum Gasteiger partial charge on any atom is 0.255 e. The second-order valence-electron chi connectivity index (χ2n) is 5.73. The Kier molecular flexibility index (Phi) is 4.25. The number of pyridine rings is 1. The van der Waals surface area contributed by atoms with Crippen molar-refractivity contribution in [2.75, 3.05) is 5.32 Å². The molecule has 0 bridgehead atoms. The first kappa shape index (κ1) is 15.4. The molecule has 2 atom stereocenters. The number of anilines is 1. The van der Waals surface area contributed by atoms with Crippen LogP contribution in [0, 0.1) is 11.7 Å². The first-order valence-corrected chi connectivity index (χ1v) is 7.51. The first-order chi connectivity index (χ1) is 11.0. The predicted octanol–water partition coefficient (Wildman–Crippen LogP) is 2.08. The molecule has 2 aromatic rings. The van der Waals surface area contributed by atoms with E-state index in [4.69, 9.17) is 0 Å². The number of aromatic nitrogens is 1. The minimum Gasteiger partial charge on any atom is -0.393 e. The third-order valence-corrected chi connectivity index (χ3v) is 4.09. The molecular formula is C17H17FN2O3. The molecule has 1 fully saturated rings. The second-order valence-corrected chi connectivity index (χ2v) is 5.73. The number of carbonyl (C=O) groups is 1. The second kappa shape index (κ2) is 6.34. The van der Waals surface area contributed by atoms with Crippen LogP contribution in [0.3, 0.4) is 0 Å². The minimum absolute atomic E-state index is 0.0733. The standard InChI is InChI=1S/C17H17FN2O3/c18-14-10-12(20-8-2-1-3-16(20)22)5-7-15(14)19-17(23)11-4-6-13(21)9-11/h1-3,5,7-8,10-11,13,21H,4,6,9H2,(H,19,23). The van der Waals surface area contributed by atoms with E-state index in [0.29, 0.717) is 24.9 Å². The molecule has 0 spiro atoms. The molecule has 1 heterocycles. The molecule has 1 amide bonds. The maximum absolute atomic E-state index is 14.2. The Labute approximate surface area is 132 Å². The molecule has 0 radical (unpaired) electrons. The lowest BCUT2D eigenvalue weighted by atomic mass is 10.1. The van der Waals surface area contributed by atoms with Crippen molar-refractivity contribution in [3.05, 3.63) is 58.8 Å². The van der Waals surface area contributed by atoms with Gasteiger partial charge in [0.25, 0.3) is 5.56 Å². The summed E-state index contributed by atoms with van der Waals surface area (Å²) < 4.78 is 15.5. The number of nitrogens with one attached hydrogen (secondary N) is 1. The quantitative estimate of drug-likeness (QED) is 0.910. The lowest BCUT2D eigenvalue weighted by Gasteiger charge is -2.12. The molecule has 2 unspecified atom stereocenters. The minimum atomic E-state index is -0.606. The highest BCUT2D eigenvalue weighted by atomic mass is 19.1. The van der Waals surface area contributed by atoms with Crippen LogP contribution in [0.15, 0.2) is 47.4 Å². The van der Waals surface area contributed by atoms with Gasteiger partial charge in [-0.15, -0.1) is 0 Å². The number of carbonyl (C=O) groups excluding carboxylic acids is 1. The predicted molar refractivity (Wildman–Crippen MR) is 84.0 cm³/mol. The van der Waals surface area contributed by atoms with Crippen LogP contribution < -0.4 is 10.9 Å². The van der Waals surface area contributed by atoms with E-state index in [1.807, 2.05) is 0 Å². The number of rotatable bonds is 3. The van der Waals surface area contributed by atoms with Gasteiger partial charge in [-0.2, -0.15) is 0 Å². The average molecular weight is 316 g/mol. The number of benzene rings is 1. The van der Waals surface area contributed by atoms with Crippen molar-refractivity contribution >= 4 is 11.6 Å². The molecule has 6 heteroatoms. The summed E-state index contributed by atoms with van der Waals surface area (Å²) in [6.45, 7) is 0. The Balaban J connectivity index is 1.79. The molecule has 1 aliphatic rings. The summed E-state index contributed by atoms with van der Waals surface area (Å²) in [6.07, 6.45) is 2.70. The van der Waals surface area contributed by atoms with Crippen molar-refractivity contribution in [3.63, 3.8) is 0 Å². The molecule has 0 aliphatic heterocycles. The van der Waals surface area contributed by atoms with Crippen molar-refractivity contribution in [2.24, 2.45) is 5.92 Å². The highest BCUT2D eigenvalue weighted by molar-refractivity contribution is 5.93. The van der Waals surface area contributed by atoms with Gasteiger partial charge in [0.05, 0.1) is 17.5 Å². The van der Waals surface area contributed by atoms with Crippen LogP contribution in [0.2, 0.25) is 0 Å². The van der Waals surface area contributed by atoms with Crippen LogP contribution in [0.1, 0.15) is 19.3 Å². The highest BCUT2D eigenvalue weighted by Crippen LogP contribution is 2.27. The molecule has 1 aromatic heterocycles. The van der Waals surface area contributed by atoms with Crippen LogP contribution >= 0.6 is 0 Å². The third kappa shape index (κ3) is 3.32. The molecule has 120 valence electrons. The van der Waals surface area contributed by atoms with Crippen molar-refractivity contribution in [2.45, 2.75) is 25.4 Å². The summed E-state index contributed by atoms with van der Waals surface area (Å²) in [5.41, 5.74) is 0.204. The number of nitrogens with zero attached hydrogens (tertiary/aromatic N) is 1. The average Bonchev–Trinajstić information content (AvgIpc) is 2.96. The zero-order valence-electron chi connectivity index (χ0n) is 12.4. The smallest absolute Gasteiger partial charge is 0.255 e. The summed E-state index contributed by atoms with van der Waals surface area (Å²) >= 11 is 0. The lowest BCUT2D eigenvalue weighted by Crippen LogP contribution is -2.22. The third-order valence-electron chi connectivity index (χ3n) is 4.09. The van der Waals surface area contributed by atoms with E-state index in [1.165, 1.54) is 22.8 Å². The number of hydrogen-bond donors (Lipinski definition) is 2. The Bertz CT molecular complexity index is 787.